The van der Waals surface area contributed by atoms with E-state index in [1.54, 1.807) is 55.5 Å². The van der Waals surface area contributed by atoms with E-state index in [1.165, 1.54) is 43.4 Å². The molecule has 11 heteroatoms. The van der Waals surface area contributed by atoms with Gasteiger partial charge in [-0.3, -0.25) is 13.9 Å². The van der Waals surface area contributed by atoms with Crippen molar-refractivity contribution in [2.24, 2.45) is 0 Å². The number of amides is 2. The molecule has 214 valence electrons. The van der Waals surface area contributed by atoms with Crippen LogP contribution in [0.4, 0.5) is 5.69 Å². The molecule has 0 aromatic heterocycles. The van der Waals surface area contributed by atoms with Gasteiger partial charge in [0.15, 0.2) is 0 Å². The van der Waals surface area contributed by atoms with Crippen molar-refractivity contribution < 1.29 is 27.5 Å². The molecule has 0 aliphatic rings. The summed E-state index contributed by atoms with van der Waals surface area (Å²) in [5.41, 5.74) is 0.796. The highest BCUT2D eigenvalue weighted by molar-refractivity contribution is 7.92. The lowest BCUT2D eigenvalue weighted by Gasteiger charge is -2.32. The summed E-state index contributed by atoms with van der Waals surface area (Å²) in [7, 11) is -1.36. The van der Waals surface area contributed by atoms with Crippen LogP contribution in [0.15, 0.2) is 77.7 Å². The molecule has 0 spiro atoms. The Hall–Kier alpha value is -3.76. The van der Waals surface area contributed by atoms with Gasteiger partial charge in [0, 0.05) is 18.1 Å². The van der Waals surface area contributed by atoms with E-state index in [2.05, 4.69) is 5.32 Å². The van der Waals surface area contributed by atoms with Crippen molar-refractivity contribution in [2.45, 2.75) is 37.8 Å². The Kier molecular flexibility index (Phi) is 10.8. The van der Waals surface area contributed by atoms with E-state index in [1.807, 2.05) is 6.92 Å². The molecular weight excluding hydrogens is 554 g/mol. The number of methoxy groups -OCH3 is 2. The molecule has 3 rings (SSSR count). The summed E-state index contributed by atoms with van der Waals surface area (Å²) in [5, 5.41) is 3.23. The van der Waals surface area contributed by atoms with Crippen LogP contribution in [0.5, 0.6) is 11.5 Å². The van der Waals surface area contributed by atoms with Crippen LogP contribution in [0.2, 0.25) is 5.02 Å². The number of ether oxygens (including phenoxy) is 2. The zero-order valence-corrected chi connectivity index (χ0v) is 24.5. The van der Waals surface area contributed by atoms with Gasteiger partial charge in [0.25, 0.3) is 10.0 Å². The Morgan fingerprint density at radius 2 is 1.60 bits per heavy atom. The third kappa shape index (κ3) is 7.25. The van der Waals surface area contributed by atoms with Crippen LogP contribution >= 0.6 is 11.6 Å². The van der Waals surface area contributed by atoms with E-state index in [-0.39, 0.29) is 28.8 Å². The smallest absolute Gasteiger partial charge is 0.264 e. The molecule has 9 nitrogen and oxygen atoms in total. The molecule has 0 saturated heterocycles. The van der Waals surface area contributed by atoms with Gasteiger partial charge in [-0.2, -0.15) is 0 Å². The summed E-state index contributed by atoms with van der Waals surface area (Å²) in [4.78, 5) is 28.2. The number of nitrogens with one attached hydrogen (secondary N) is 1. The Morgan fingerprint density at radius 3 is 2.23 bits per heavy atom. The van der Waals surface area contributed by atoms with E-state index in [9.17, 15) is 18.0 Å². The zero-order valence-electron chi connectivity index (χ0n) is 23.0. The first kappa shape index (κ1) is 30.8. The van der Waals surface area contributed by atoms with Crippen LogP contribution in [-0.2, 0) is 26.2 Å². The van der Waals surface area contributed by atoms with Crippen LogP contribution in [0.1, 0.15) is 25.8 Å². The van der Waals surface area contributed by atoms with Gasteiger partial charge in [0.1, 0.15) is 24.1 Å². The monoisotopic (exact) mass is 587 g/mol. The molecule has 0 aliphatic carbocycles. The third-order valence-corrected chi connectivity index (χ3v) is 8.44. The number of halogens is 1. The lowest BCUT2D eigenvalue weighted by Crippen LogP contribution is -2.51. The molecule has 1 atom stereocenters. The molecule has 1 N–H and O–H groups in total. The summed E-state index contributed by atoms with van der Waals surface area (Å²) >= 11 is 6.39. The average Bonchev–Trinajstić information content (AvgIpc) is 2.97. The molecule has 0 aliphatic heterocycles. The Balaban J connectivity index is 2.07. The van der Waals surface area contributed by atoms with E-state index in [4.69, 9.17) is 21.1 Å². The fraction of sp³-hybridized carbons (Fsp3) is 0.310. The second-order valence-corrected chi connectivity index (χ2v) is 11.2. The topological polar surface area (TPSA) is 105 Å². The molecule has 0 bridgehead atoms. The minimum absolute atomic E-state index is 0.00155. The second-order valence-electron chi connectivity index (χ2n) is 8.94. The maximum absolute atomic E-state index is 14.0. The van der Waals surface area contributed by atoms with Gasteiger partial charge >= 0.3 is 0 Å². The highest BCUT2D eigenvalue weighted by Gasteiger charge is 2.34. The number of benzene rings is 3. The van der Waals surface area contributed by atoms with Gasteiger partial charge < -0.3 is 19.7 Å². The average molecular weight is 588 g/mol. The Labute approximate surface area is 240 Å². The number of rotatable bonds is 13. The standard InChI is InChI=1S/C29H34ClN3O6S/c1-5-18-31-29(35)21(2)32(19-22-10-6-7-11-25(22)30)28(34)20-33(26-12-8-9-13-27(26)39-4)40(36,37)24-16-14-23(38-3)15-17-24/h6-17,21H,5,18-20H2,1-4H3,(H,31,35)/t21-/m0/s1. The van der Waals surface area contributed by atoms with Crippen LogP contribution in [0, 0.1) is 0 Å². The van der Waals surface area contributed by atoms with Crippen molar-refractivity contribution in [2.75, 3.05) is 31.6 Å². The predicted octanol–water partition coefficient (Wildman–Crippen LogP) is 4.50. The summed E-state index contributed by atoms with van der Waals surface area (Å²) in [6.45, 7) is 3.38. The molecule has 3 aromatic rings. The van der Waals surface area contributed by atoms with Gasteiger partial charge in [0.2, 0.25) is 11.8 Å². The maximum Gasteiger partial charge on any atom is 0.264 e. The molecule has 0 radical (unpaired) electrons. The number of nitrogens with zero attached hydrogens (tertiary/aromatic N) is 2. The first-order chi connectivity index (χ1) is 19.1. The zero-order chi connectivity index (χ0) is 29.3. The van der Waals surface area contributed by atoms with Gasteiger partial charge in [-0.25, -0.2) is 8.42 Å². The quantitative estimate of drug-likeness (QED) is 0.316. The Morgan fingerprint density at radius 1 is 0.950 bits per heavy atom. The summed E-state index contributed by atoms with van der Waals surface area (Å²) in [5.74, 6) is -0.207. The van der Waals surface area contributed by atoms with Crippen LogP contribution < -0.4 is 19.1 Å². The minimum Gasteiger partial charge on any atom is -0.497 e. The van der Waals surface area contributed by atoms with Gasteiger partial charge in [-0.1, -0.05) is 48.9 Å². The fourth-order valence-corrected chi connectivity index (χ4v) is 5.63. The summed E-state index contributed by atoms with van der Waals surface area (Å²) in [6.07, 6.45) is 0.721. The van der Waals surface area contributed by atoms with Gasteiger partial charge in [-0.05, 0) is 61.4 Å². The highest BCUT2D eigenvalue weighted by Crippen LogP contribution is 2.33. The SMILES string of the molecule is CCCNC(=O)[C@H](C)N(Cc1ccccc1Cl)C(=O)CN(c1ccccc1OC)S(=O)(=O)c1ccc(OC)cc1. The molecule has 3 aromatic carbocycles. The number of anilines is 1. The number of carbonyl (C=O) groups excluding carboxylic acids is 2. The molecule has 0 saturated carbocycles. The van der Waals surface area contributed by atoms with Crippen molar-refractivity contribution >= 4 is 39.1 Å². The van der Waals surface area contributed by atoms with Crippen molar-refractivity contribution in [3.63, 3.8) is 0 Å². The maximum atomic E-state index is 14.0. The van der Waals surface area contributed by atoms with E-state index >= 15 is 0 Å². The summed E-state index contributed by atoms with van der Waals surface area (Å²) in [6, 6.07) is 18.5. The van der Waals surface area contributed by atoms with E-state index < -0.39 is 28.5 Å². The molecular formula is C29H34ClN3O6S. The summed E-state index contributed by atoms with van der Waals surface area (Å²) < 4.78 is 39.6. The van der Waals surface area contributed by atoms with Crippen molar-refractivity contribution in [3.05, 3.63) is 83.4 Å². The highest BCUT2D eigenvalue weighted by atomic mass is 35.5. The minimum atomic E-state index is -4.26. The van der Waals surface area contributed by atoms with Gasteiger partial charge in [-0.15, -0.1) is 0 Å². The number of hydrogen-bond acceptors (Lipinski definition) is 6. The number of para-hydroxylation sites is 2. The fourth-order valence-electron chi connectivity index (χ4n) is 4.01. The van der Waals surface area contributed by atoms with Crippen LogP contribution in [0.3, 0.4) is 0 Å². The van der Waals surface area contributed by atoms with Crippen molar-refractivity contribution in [3.8, 4) is 11.5 Å². The number of sulfonamides is 1. The molecule has 0 heterocycles. The predicted molar refractivity (Wildman–Crippen MR) is 155 cm³/mol. The van der Waals surface area contributed by atoms with E-state index in [0.717, 1.165) is 10.7 Å². The lowest BCUT2D eigenvalue weighted by molar-refractivity contribution is -0.139. The molecule has 0 unspecified atom stereocenters. The first-order valence-corrected chi connectivity index (χ1v) is 14.6. The Bertz CT molecular complexity index is 1420. The van der Waals surface area contributed by atoms with Crippen LogP contribution in [-0.4, -0.2) is 58.5 Å². The number of hydrogen-bond donors (Lipinski definition) is 1. The third-order valence-electron chi connectivity index (χ3n) is 6.30. The van der Waals surface area contributed by atoms with E-state index in [0.29, 0.717) is 22.9 Å². The molecule has 40 heavy (non-hydrogen) atoms. The molecule has 2 amide bonds. The normalized spacial score (nSPS) is 11.8. The lowest BCUT2D eigenvalue weighted by atomic mass is 10.1. The molecule has 0 fully saturated rings. The van der Waals surface area contributed by atoms with Gasteiger partial charge in [0.05, 0.1) is 24.8 Å². The largest absolute Gasteiger partial charge is 0.497 e. The van der Waals surface area contributed by atoms with Crippen LogP contribution in [0.25, 0.3) is 0 Å². The second kappa shape index (κ2) is 14.0. The van der Waals surface area contributed by atoms with Crippen molar-refractivity contribution in [1.82, 2.24) is 10.2 Å². The first-order valence-electron chi connectivity index (χ1n) is 12.7. The van der Waals surface area contributed by atoms with Crippen molar-refractivity contribution in [1.29, 1.82) is 0 Å². The number of carbonyl (C=O) groups is 2.